The number of aromatic nitrogens is 2. The zero-order chi connectivity index (χ0) is 23.6. The van der Waals surface area contributed by atoms with E-state index in [0.29, 0.717) is 17.2 Å². The molecule has 0 saturated heterocycles. The summed E-state index contributed by atoms with van der Waals surface area (Å²) in [7, 11) is 1.57. The maximum absolute atomic E-state index is 13.2. The number of amides is 2. The topological polar surface area (TPSA) is 122 Å². The number of allylic oxidation sites excluding steroid dienone is 1. The first-order valence-corrected chi connectivity index (χ1v) is 11.5. The largest absolute Gasteiger partial charge is 0.338 e. The Kier molecular flexibility index (Phi) is 9.67. The summed E-state index contributed by atoms with van der Waals surface area (Å²) in [4.78, 5) is 30.4. The zero-order valence-corrected chi connectivity index (χ0v) is 19.9. The van der Waals surface area contributed by atoms with Gasteiger partial charge in [0.2, 0.25) is 11.0 Å². The highest BCUT2D eigenvalue weighted by molar-refractivity contribution is 7.13. The lowest BCUT2D eigenvalue weighted by Crippen LogP contribution is -2.53. The highest BCUT2D eigenvalue weighted by atomic mass is 32.1. The summed E-state index contributed by atoms with van der Waals surface area (Å²) in [6, 6.07) is 6.78. The smallest absolute Gasteiger partial charge is 0.270 e. The minimum Gasteiger partial charge on any atom is -0.338 e. The van der Waals surface area contributed by atoms with Crippen molar-refractivity contribution in [3.05, 3.63) is 47.0 Å². The van der Waals surface area contributed by atoms with E-state index in [0.717, 1.165) is 24.8 Å². The Bertz CT molecular complexity index is 948. The molecule has 0 saturated carbocycles. The Morgan fingerprint density at radius 3 is 2.62 bits per heavy atom. The number of anilines is 1. The number of unbranched alkanes of at least 4 members (excludes halogenated alkanes) is 2. The van der Waals surface area contributed by atoms with Crippen molar-refractivity contribution in [2.75, 3.05) is 18.9 Å². The molecule has 1 aromatic heterocycles. The summed E-state index contributed by atoms with van der Waals surface area (Å²) in [6.45, 7) is 6.34. The molecule has 0 aliphatic rings. The summed E-state index contributed by atoms with van der Waals surface area (Å²) >= 11 is 1.22. The SMILES string of the molecule is C/N=C(/C(=O)NC(C(=O)Nc1nncs1)C(C)(C)C)c1ccccc1/C=C\CCCCN. The first-order chi connectivity index (χ1) is 15.3. The average molecular weight is 457 g/mol. The van der Waals surface area contributed by atoms with Gasteiger partial charge in [0.05, 0.1) is 0 Å². The van der Waals surface area contributed by atoms with Gasteiger partial charge in [0.1, 0.15) is 17.3 Å². The Hall–Kier alpha value is -2.91. The zero-order valence-electron chi connectivity index (χ0n) is 19.1. The minimum absolute atomic E-state index is 0.269. The van der Waals surface area contributed by atoms with E-state index in [1.54, 1.807) is 7.05 Å². The number of aliphatic imine (C=N–C) groups is 1. The number of hydrogen-bond acceptors (Lipinski definition) is 7. The van der Waals surface area contributed by atoms with Crippen molar-refractivity contribution in [1.82, 2.24) is 15.5 Å². The lowest BCUT2D eigenvalue weighted by molar-refractivity contribution is -0.125. The van der Waals surface area contributed by atoms with Crippen molar-refractivity contribution < 1.29 is 9.59 Å². The molecule has 32 heavy (non-hydrogen) atoms. The third-order valence-corrected chi connectivity index (χ3v) is 5.38. The number of nitrogens with one attached hydrogen (secondary N) is 2. The van der Waals surface area contributed by atoms with E-state index in [-0.39, 0.29) is 11.6 Å². The summed E-state index contributed by atoms with van der Waals surface area (Å²) in [5.74, 6) is -0.769. The van der Waals surface area contributed by atoms with Gasteiger partial charge in [0, 0.05) is 12.6 Å². The molecule has 8 nitrogen and oxygen atoms in total. The number of carbonyl (C=O) groups is 2. The second-order valence-corrected chi connectivity index (χ2v) is 9.19. The fourth-order valence-corrected chi connectivity index (χ4v) is 3.55. The van der Waals surface area contributed by atoms with Crippen molar-refractivity contribution in [2.24, 2.45) is 16.1 Å². The lowest BCUT2D eigenvalue weighted by atomic mass is 9.85. The van der Waals surface area contributed by atoms with Crippen molar-refractivity contribution in [1.29, 1.82) is 0 Å². The number of rotatable bonds is 10. The van der Waals surface area contributed by atoms with E-state index in [2.05, 4.69) is 31.9 Å². The average Bonchev–Trinajstić information content (AvgIpc) is 3.25. The molecule has 1 unspecified atom stereocenters. The third-order valence-electron chi connectivity index (χ3n) is 4.77. The number of carbonyl (C=O) groups excluding carboxylic acids is 2. The molecule has 0 spiro atoms. The van der Waals surface area contributed by atoms with Crippen molar-refractivity contribution in [2.45, 2.75) is 46.1 Å². The van der Waals surface area contributed by atoms with Crippen LogP contribution in [-0.4, -0.2) is 47.4 Å². The van der Waals surface area contributed by atoms with Gasteiger partial charge in [-0.2, -0.15) is 0 Å². The van der Waals surface area contributed by atoms with E-state index in [4.69, 9.17) is 5.73 Å². The van der Waals surface area contributed by atoms with Crippen LogP contribution in [0.5, 0.6) is 0 Å². The lowest BCUT2D eigenvalue weighted by Gasteiger charge is -2.30. The van der Waals surface area contributed by atoms with E-state index in [1.807, 2.05) is 51.1 Å². The Morgan fingerprint density at radius 2 is 2.00 bits per heavy atom. The molecule has 2 aromatic rings. The van der Waals surface area contributed by atoms with Crippen LogP contribution in [0.25, 0.3) is 6.08 Å². The van der Waals surface area contributed by atoms with E-state index < -0.39 is 17.4 Å². The van der Waals surface area contributed by atoms with E-state index >= 15 is 0 Å². The highest BCUT2D eigenvalue weighted by Crippen LogP contribution is 2.22. The molecule has 1 aromatic carbocycles. The van der Waals surface area contributed by atoms with Crippen molar-refractivity contribution >= 4 is 40.1 Å². The number of nitrogens with zero attached hydrogens (tertiary/aromatic N) is 3. The van der Waals surface area contributed by atoms with Gasteiger partial charge in [-0.3, -0.25) is 19.9 Å². The van der Waals surface area contributed by atoms with Gasteiger partial charge in [-0.15, -0.1) is 10.2 Å². The first kappa shape index (κ1) is 25.4. The minimum atomic E-state index is -0.797. The molecule has 4 N–H and O–H groups in total. The molecule has 2 amide bonds. The molecule has 0 bridgehead atoms. The molecule has 1 heterocycles. The fraction of sp³-hybridized carbons (Fsp3) is 0.435. The first-order valence-electron chi connectivity index (χ1n) is 10.6. The van der Waals surface area contributed by atoms with Gasteiger partial charge in [-0.05, 0) is 36.8 Å². The monoisotopic (exact) mass is 456 g/mol. The predicted molar refractivity (Wildman–Crippen MR) is 131 cm³/mol. The highest BCUT2D eigenvalue weighted by Gasteiger charge is 2.34. The van der Waals surface area contributed by atoms with Crippen LogP contribution in [0.1, 0.15) is 51.2 Å². The number of benzene rings is 1. The normalized spacial score (nSPS) is 13.2. The van der Waals surface area contributed by atoms with Gasteiger partial charge in [-0.25, -0.2) is 0 Å². The van der Waals surface area contributed by atoms with Crippen LogP contribution in [0.3, 0.4) is 0 Å². The molecule has 172 valence electrons. The van der Waals surface area contributed by atoms with E-state index in [9.17, 15) is 9.59 Å². The maximum Gasteiger partial charge on any atom is 0.270 e. The standard InChI is InChI=1S/C23H32N6O2S/c1-23(2,3)19(21(31)28-22-29-26-15-32-22)27-20(30)18(25-4)17-13-9-8-12-16(17)11-7-5-6-10-14-24/h7-9,11-13,15,19H,5-6,10,14,24H2,1-4H3,(H,27,30)(H,28,29,31)/b11-7-,25-18+. The summed E-state index contributed by atoms with van der Waals surface area (Å²) in [5.41, 5.74) is 8.41. The van der Waals surface area contributed by atoms with Gasteiger partial charge in [-0.1, -0.05) is 68.5 Å². The summed E-state index contributed by atoms with van der Waals surface area (Å²) in [5, 5.41) is 13.5. The molecule has 0 fully saturated rings. The van der Waals surface area contributed by atoms with E-state index in [1.165, 1.54) is 16.8 Å². The van der Waals surface area contributed by atoms with Gasteiger partial charge in [0.25, 0.3) is 5.91 Å². The number of hydrogen-bond donors (Lipinski definition) is 3. The Morgan fingerprint density at radius 1 is 1.25 bits per heavy atom. The van der Waals surface area contributed by atoms with Gasteiger partial charge < -0.3 is 11.1 Å². The molecule has 9 heteroatoms. The summed E-state index contributed by atoms with van der Waals surface area (Å²) in [6.07, 6.45) is 6.97. The quantitative estimate of drug-likeness (QED) is 0.374. The van der Waals surface area contributed by atoms with Crippen LogP contribution in [-0.2, 0) is 9.59 Å². The molecule has 0 radical (unpaired) electrons. The second-order valence-electron chi connectivity index (χ2n) is 8.35. The Balaban J connectivity index is 2.21. The third kappa shape index (κ3) is 7.35. The van der Waals surface area contributed by atoms with Crippen molar-refractivity contribution in [3.8, 4) is 0 Å². The van der Waals surface area contributed by atoms with Crippen molar-refractivity contribution in [3.63, 3.8) is 0 Å². The molecule has 2 rings (SSSR count). The molecule has 1 atom stereocenters. The Labute approximate surface area is 193 Å². The maximum atomic E-state index is 13.2. The second kappa shape index (κ2) is 12.2. The molecular formula is C23H32N6O2S. The molecule has 0 aliphatic carbocycles. The van der Waals surface area contributed by atoms with Crippen LogP contribution in [0.15, 0.2) is 40.8 Å². The van der Waals surface area contributed by atoms with Crippen LogP contribution in [0, 0.1) is 5.41 Å². The van der Waals surface area contributed by atoms with Crippen LogP contribution < -0.4 is 16.4 Å². The molecule has 0 aliphatic heterocycles. The van der Waals surface area contributed by atoms with Crippen LogP contribution in [0.4, 0.5) is 5.13 Å². The fourth-order valence-electron chi connectivity index (χ4n) is 3.10. The molecular weight excluding hydrogens is 424 g/mol. The van der Waals surface area contributed by atoms with Crippen LogP contribution in [0.2, 0.25) is 0 Å². The van der Waals surface area contributed by atoms with Gasteiger partial charge in [0.15, 0.2) is 0 Å². The number of nitrogens with two attached hydrogens (primary N) is 1. The summed E-state index contributed by atoms with van der Waals surface area (Å²) < 4.78 is 0. The van der Waals surface area contributed by atoms with Gasteiger partial charge >= 0.3 is 0 Å². The predicted octanol–water partition coefficient (Wildman–Crippen LogP) is 3.27. The van der Waals surface area contributed by atoms with Crippen LogP contribution >= 0.6 is 11.3 Å².